The Bertz CT molecular complexity index is 648. The van der Waals surface area contributed by atoms with Gasteiger partial charge in [-0.25, -0.2) is 0 Å². The number of carbonyl (C=O) groups excluding carboxylic acids is 1. The molecule has 22 heavy (non-hydrogen) atoms. The van der Waals surface area contributed by atoms with Crippen LogP contribution in [0.25, 0.3) is 0 Å². The zero-order valence-electron chi connectivity index (χ0n) is 12.5. The van der Waals surface area contributed by atoms with Crippen LogP contribution in [-0.2, 0) is 0 Å². The molecule has 0 aliphatic heterocycles. The lowest BCUT2D eigenvalue weighted by Gasteiger charge is -2.27. The van der Waals surface area contributed by atoms with E-state index in [4.69, 9.17) is 11.6 Å². The van der Waals surface area contributed by atoms with Crippen molar-refractivity contribution >= 4 is 39.1 Å². The van der Waals surface area contributed by atoms with Gasteiger partial charge in [-0.1, -0.05) is 45.7 Å². The van der Waals surface area contributed by atoms with Crippen molar-refractivity contribution in [3.63, 3.8) is 0 Å². The molecule has 1 atom stereocenters. The Hall–Kier alpha value is -1.52. The maximum atomic E-state index is 12.2. The number of carbonyl (C=O) groups is 1. The summed E-state index contributed by atoms with van der Waals surface area (Å²) >= 11 is 9.43. The van der Waals surface area contributed by atoms with Crippen LogP contribution in [0.2, 0.25) is 5.02 Å². The van der Waals surface area contributed by atoms with Crippen LogP contribution in [0.1, 0.15) is 17.3 Å². The highest BCUT2D eigenvalue weighted by molar-refractivity contribution is 9.10. The number of halogens is 2. The van der Waals surface area contributed by atoms with Crippen LogP contribution in [0.4, 0.5) is 5.69 Å². The highest BCUT2D eigenvalue weighted by Gasteiger charge is 2.14. The Morgan fingerprint density at radius 2 is 1.95 bits per heavy atom. The highest BCUT2D eigenvalue weighted by Crippen LogP contribution is 2.21. The summed E-state index contributed by atoms with van der Waals surface area (Å²) in [4.78, 5) is 14.3. The third-order valence-electron chi connectivity index (χ3n) is 3.56. The number of hydrogen-bond acceptors (Lipinski definition) is 2. The first kappa shape index (κ1) is 16.8. The Kier molecular flexibility index (Phi) is 5.86. The van der Waals surface area contributed by atoms with Gasteiger partial charge in [0.2, 0.25) is 0 Å². The fraction of sp³-hybridized carbons (Fsp3) is 0.235. The molecule has 1 unspecified atom stereocenters. The quantitative estimate of drug-likeness (QED) is 0.834. The fourth-order valence-electron chi connectivity index (χ4n) is 2.06. The van der Waals surface area contributed by atoms with Crippen LogP contribution >= 0.6 is 27.5 Å². The van der Waals surface area contributed by atoms with Crippen LogP contribution in [0.5, 0.6) is 0 Å². The molecule has 0 saturated carbocycles. The predicted octanol–water partition coefficient (Wildman–Crippen LogP) is 4.36. The van der Waals surface area contributed by atoms with E-state index in [2.05, 4.69) is 33.1 Å². The van der Waals surface area contributed by atoms with Crippen LogP contribution in [0.3, 0.4) is 0 Å². The molecule has 2 aromatic rings. The van der Waals surface area contributed by atoms with E-state index in [1.54, 1.807) is 18.2 Å². The van der Waals surface area contributed by atoms with Crippen molar-refractivity contribution in [1.29, 1.82) is 0 Å². The molecular formula is C17H18BrClN2O. The maximum Gasteiger partial charge on any atom is 0.252 e. The van der Waals surface area contributed by atoms with Gasteiger partial charge < -0.3 is 10.2 Å². The molecule has 5 heteroatoms. The Morgan fingerprint density at radius 3 is 2.59 bits per heavy atom. The van der Waals surface area contributed by atoms with Gasteiger partial charge in [-0.3, -0.25) is 4.79 Å². The number of anilines is 1. The van der Waals surface area contributed by atoms with Gasteiger partial charge in [0.1, 0.15) is 0 Å². The van der Waals surface area contributed by atoms with Crippen molar-refractivity contribution in [1.82, 2.24) is 5.32 Å². The van der Waals surface area contributed by atoms with Gasteiger partial charge in [-0.2, -0.15) is 0 Å². The van der Waals surface area contributed by atoms with Gasteiger partial charge in [-0.05, 0) is 37.3 Å². The fourth-order valence-corrected chi connectivity index (χ4v) is 2.82. The third-order valence-corrected chi connectivity index (χ3v) is 4.36. The first-order valence-electron chi connectivity index (χ1n) is 7.00. The second-order valence-electron chi connectivity index (χ2n) is 5.13. The lowest BCUT2D eigenvalue weighted by Crippen LogP contribution is -2.40. The summed E-state index contributed by atoms with van der Waals surface area (Å²) < 4.78 is 0.853. The molecule has 116 valence electrons. The summed E-state index contributed by atoms with van der Waals surface area (Å²) in [5.74, 6) is -0.161. The summed E-state index contributed by atoms with van der Waals surface area (Å²) in [5.41, 5.74) is 1.60. The molecule has 0 aliphatic carbocycles. The van der Waals surface area contributed by atoms with Gasteiger partial charge in [0.15, 0.2) is 0 Å². The zero-order chi connectivity index (χ0) is 16.1. The van der Waals surface area contributed by atoms with Gasteiger partial charge in [-0.15, -0.1) is 0 Å². The normalized spacial score (nSPS) is 11.8. The number of nitrogens with zero attached hydrogens (tertiary/aromatic N) is 1. The first-order chi connectivity index (χ1) is 10.5. The summed E-state index contributed by atoms with van der Waals surface area (Å²) in [7, 11) is 2.01. The van der Waals surface area contributed by atoms with Crippen LogP contribution in [0, 0.1) is 0 Å². The SMILES string of the molecule is CC(CNC(=O)c1ccc(Br)cc1Cl)N(C)c1ccccc1. The monoisotopic (exact) mass is 380 g/mol. The van der Waals surface area contributed by atoms with Gasteiger partial charge >= 0.3 is 0 Å². The molecule has 0 radical (unpaired) electrons. The Labute approximate surface area is 144 Å². The Morgan fingerprint density at radius 1 is 1.27 bits per heavy atom. The van der Waals surface area contributed by atoms with Crippen molar-refractivity contribution in [2.45, 2.75) is 13.0 Å². The largest absolute Gasteiger partial charge is 0.370 e. The van der Waals surface area contributed by atoms with Gasteiger partial charge in [0, 0.05) is 29.8 Å². The molecule has 0 spiro atoms. The number of benzene rings is 2. The molecular weight excluding hydrogens is 364 g/mol. The van der Waals surface area contributed by atoms with E-state index in [1.165, 1.54) is 0 Å². The van der Waals surface area contributed by atoms with Gasteiger partial charge in [0.25, 0.3) is 5.91 Å². The van der Waals surface area contributed by atoms with Crippen molar-refractivity contribution in [3.8, 4) is 0 Å². The van der Waals surface area contributed by atoms with E-state index in [9.17, 15) is 4.79 Å². The molecule has 0 heterocycles. The topological polar surface area (TPSA) is 32.3 Å². The molecule has 3 nitrogen and oxygen atoms in total. The first-order valence-corrected chi connectivity index (χ1v) is 8.17. The van der Waals surface area contributed by atoms with E-state index in [0.29, 0.717) is 17.1 Å². The summed E-state index contributed by atoms with van der Waals surface area (Å²) in [5, 5.41) is 3.37. The minimum absolute atomic E-state index is 0.161. The molecule has 0 aromatic heterocycles. The van der Waals surface area contributed by atoms with E-state index in [-0.39, 0.29) is 11.9 Å². The average molecular weight is 382 g/mol. The number of nitrogens with one attached hydrogen (secondary N) is 1. The number of hydrogen-bond donors (Lipinski definition) is 1. The average Bonchev–Trinajstić information content (AvgIpc) is 2.52. The maximum absolute atomic E-state index is 12.2. The summed E-state index contributed by atoms with van der Waals surface area (Å²) in [6, 6.07) is 15.5. The van der Waals surface area contributed by atoms with Crippen LogP contribution < -0.4 is 10.2 Å². The highest BCUT2D eigenvalue weighted by atomic mass is 79.9. The van der Waals surface area contributed by atoms with Crippen molar-refractivity contribution in [3.05, 3.63) is 63.6 Å². The minimum Gasteiger partial charge on any atom is -0.370 e. The van der Waals surface area contributed by atoms with E-state index < -0.39 is 0 Å². The van der Waals surface area contributed by atoms with Crippen molar-refractivity contribution in [2.75, 3.05) is 18.5 Å². The third kappa shape index (κ3) is 4.24. The molecule has 0 saturated heterocycles. The smallest absolute Gasteiger partial charge is 0.252 e. The van der Waals surface area contributed by atoms with Gasteiger partial charge in [0.05, 0.1) is 10.6 Å². The second-order valence-corrected chi connectivity index (χ2v) is 6.45. The number of amides is 1. The standard InChI is InChI=1S/C17H18BrClN2O/c1-12(21(2)14-6-4-3-5-7-14)11-20-17(22)15-9-8-13(18)10-16(15)19/h3-10,12H,11H2,1-2H3,(H,20,22). The minimum atomic E-state index is -0.161. The number of rotatable bonds is 5. The Balaban J connectivity index is 1.96. The molecule has 0 bridgehead atoms. The summed E-state index contributed by atoms with van der Waals surface area (Å²) in [6.45, 7) is 2.60. The lowest BCUT2D eigenvalue weighted by atomic mass is 10.2. The van der Waals surface area contributed by atoms with E-state index >= 15 is 0 Å². The summed E-state index contributed by atoms with van der Waals surface area (Å²) in [6.07, 6.45) is 0. The van der Waals surface area contributed by atoms with Crippen molar-refractivity contribution < 1.29 is 4.79 Å². The molecule has 1 N–H and O–H groups in total. The number of likely N-dealkylation sites (N-methyl/N-ethyl adjacent to an activating group) is 1. The predicted molar refractivity (Wildman–Crippen MR) is 95.8 cm³/mol. The molecule has 2 rings (SSSR count). The second kappa shape index (κ2) is 7.65. The van der Waals surface area contributed by atoms with Crippen molar-refractivity contribution in [2.24, 2.45) is 0 Å². The molecule has 1 amide bonds. The molecule has 0 aliphatic rings. The van der Waals surface area contributed by atoms with Crippen LogP contribution in [0.15, 0.2) is 53.0 Å². The lowest BCUT2D eigenvalue weighted by molar-refractivity contribution is 0.0952. The molecule has 2 aromatic carbocycles. The van der Waals surface area contributed by atoms with E-state index in [1.807, 2.05) is 37.4 Å². The van der Waals surface area contributed by atoms with Crippen LogP contribution in [-0.4, -0.2) is 25.5 Å². The number of para-hydroxylation sites is 1. The zero-order valence-corrected chi connectivity index (χ0v) is 14.9. The molecule has 0 fully saturated rings. The van der Waals surface area contributed by atoms with E-state index in [0.717, 1.165) is 10.2 Å².